The van der Waals surface area contributed by atoms with E-state index in [1.165, 1.54) is 0 Å². The molecule has 1 aromatic rings. The van der Waals surface area contributed by atoms with Crippen molar-refractivity contribution in [3.63, 3.8) is 0 Å². The third-order valence-corrected chi connectivity index (χ3v) is 1.13. The highest BCUT2D eigenvalue weighted by atomic mass is 15.4. The van der Waals surface area contributed by atoms with Crippen molar-refractivity contribution in [2.24, 2.45) is 0 Å². The highest BCUT2D eigenvalue weighted by molar-refractivity contribution is 4.84. The second kappa shape index (κ2) is 3.67. The fraction of sp³-hybridized carbons (Fsp3) is 0.125. The highest BCUT2D eigenvalue weighted by Gasteiger charge is 1.89. The molecule has 0 aliphatic carbocycles. The number of nitrogens with one attached hydrogen (secondary N) is 1. The van der Waals surface area contributed by atoms with Gasteiger partial charge in [0.05, 0.1) is 6.54 Å². The summed E-state index contributed by atoms with van der Waals surface area (Å²) in [4.78, 5) is 0. The Kier molecular flexibility index (Phi) is 2.49. The van der Waals surface area contributed by atoms with Crippen LogP contribution < -0.4 is 10.1 Å². The minimum Gasteiger partial charge on any atom is -0.189 e. The average Bonchev–Trinajstić information content (AvgIpc) is 2.03. The van der Waals surface area contributed by atoms with Gasteiger partial charge in [0.1, 0.15) is 0 Å². The van der Waals surface area contributed by atoms with Crippen molar-refractivity contribution >= 4 is 0 Å². The van der Waals surface area contributed by atoms with Crippen LogP contribution in [0.25, 0.3) is 0 Å². The molecular formula is C8H11N2+. The Labute approximate surface area is 60.8 Å². The van der Waals surface area contributed by atoms with Crippen molar-refractivity contribution in [2.45, 2.75) is 0 Å². The van der Waals surface area contributed by atoms with E-state index in [0.29, 0.717) is 0 Å². The molecule has 0 amide bonds. The van der Waals surface area contributed by atoms with E-state index >= 15 is 0 Å². The molecule has 0 unspecified atom stereocenters. The zero-order chi connectivity index (χ0) is 7.23. The first-order valence-corrected chi connectivity index (χ1v) is 3.24. The van der Waals surface area contributed by atoms with E-state index in [9.17, 15) is 0 Å². The molecule has 0 saturated heterocycles. The van der Waals surface area contributed by atoms with Crippen molar-refractivity contribution in [3.8, 4) is 0 Å². The lowest BCUT2D eigenvalue weighted by atomic mass is 10.5. The van der Waals surface area contributed by atoms with Gasteiger partial charge in [0.2, 0.25) is 0 Å². The van der Waals surface area contributed by atoms with Gasteiger partial charge in [0.25, 0.3) is 0 Å². The van der Waals surface area contributed by atoms with E-state index in [2.05, 4.69) is 12.0 Å². The van der Waals surface area contributed by atoms with Crippen molar-refractivity contribution in [3.05, 3.63) is 43.2 Å². The van der Waals surface area contributed by atoms with Gasteiger partial charge in [-0.3, -0.25) is 0 Å². The first-order chi connectivity index (χ1) is 4.93. The predicted octanol–water partition coefficient (Wildman–Crippen LogP) is 0.704. The molecule has 1 heterocycles. The first kappa shape index (κ1) is 6.81. The molecule has 0 bridgehead atoms. The lowest BCUT2D eigenvalue weighted by molar-refractivity contribution is -0.649. The lowest BCUT2D eigenvalue weighted by Crippen LogP contribution is -2.44. The molecule has 0 saturated carbocycles. The van der Waals surface area contributed by atoms with Crippen molar-refractivity contribution in [1.29, 1.82) is 0 Å². The molecule has 2 nitrogen and oxygen atoms in total. The summed E-state index contributed by atoms with van der Waals surface area (Å²) in [5, 5.41) is 0. The Balaban J connectivity index is 2.50. The molecule has 0 aromatic carbocycles. The van der Waals surface area contributed by atoms with Gasteiger partial charge >= 0.3 is 0 Å². The summed E-state index contributed by atoms with van der Waals surface area (Å²) >= 11 is 0. The fourth-order valence-electron chi connectivity index (χ4n) is 0.674. The summed E-state index contributed by atoms with van der Waals surface area (Å²) in [6.07, 6.45) is 5.72. The molecule has 0 spiro atoms. The van der Waals surface area contributed by atoms with Gasteiger partial charge in [0, 0.05) is 12.1 Å². The van der Waals surface area contributed by atoms with Gasteiger partial charge in [-0.2, -0.15) is 5.43 Å². The zero-order valence-corrected chi connectivity index (χ0v) is 5.83. The average molecular weight is 135 g/mol. The molecule has 0 radical (unpaired) electrons. The maximum Gasteiger partial charge on any atom is 0.199 e. The number of hydrogen-bond acceptors (Lipinski definition) is 1. The van der Waals surface area contributed by atoms with Crippen LogP contribution in [0.2, 0.25) is 0 Å². The topological polar surface area (TPSA) is 15.9 Å². The molecule has 0 aliphatic heterocycles. The predicted molar refractivity (Wildman–Crippen MR) is 41.1 cm³/mol. The maximum atomic E-state index is 3.60. The zero-order valence-electron chi connectivity index (χ0n) is 5.83. The second-order valence-corrected chi connectivity index (χ2v) is 1.93. The number of nitrogens with zero attached hydrogens (tertiary/aromatic N) is 1. The Bertz CT molecular complexity index is 194. The molecule has 1 rings (SSSR count). The molecule has 2 heteroatoms. The molecule has 52 valence electrons. The SMILES string of the molecule is C=CCN[n+]1ccccc1. The third-order valence-electron chi connectivity index (χ3n) is 1.13. The van der Waals surface area contributed by atoms with E-state index in [1.54, 1.807) is 0 Å². The third kappa shape index (κ3) is 1.90. The smallest absolute Gasteiger partial charge is 0.189 e. The van der Waals surface area contributed by atoms with Crippen LogP contribution in [0.5, 0.6) is 0 Å². The standard InChI is InChI=1S/C8H11N2/c1-2-6-9-10-7-4-3-5-8-10/h2-5,7-9H,1,6H2/q+1. The van der Waals surface area contributed by atoms with Crippen LogP contribution in [-0.4, -0.2) is 6.54 Å². The van der Waals surface area contributed by atoms with Gasteiger partial charge in [-0.05, 0) is 0 Å². The van der Waals surface area contributed by atoms with Gasteiger partial charge in [-0.1, -0.05) is 16.8 Å². The minimum absolute atomic E-state index is 0.786. The van der Waals surface area contributed by atoms with E-state index in [-0.39, 0.29) is 0 Å². The Morgan fingerprint density at radius 2 is 2.00 bits per heavy atom. The summed E-state index contributed by atoms with van der Waals surface area (Å²) < 4.78 is 1.89. The lowest BCUT2D eigenvalue weighted by Gasteiger charge is -1.92. The fourth-order valence-corrected chi connectivity index (χ4v) is 0.674. The molecular weight excluding hydrogens is 124 g/mol. The summed E-state index contributed by atoms with van der Waals surface area (Å²) in [6, 6.07) is 5.91. The van der Waals surface area contributed by atoms with Crippen LogP contribution in [-0.2, 0) is 0 Å². The molecule has 1 aromatic heterocycles. The number of aromatic nitrogens is 1. The van der Waals surface area contributed by atoms with Gasteiger partial charge in [-0.15, -0.1) is 6.58 Å². The van der Waals surface area contributed by atoms with Gasteiger partial charge < -0.3 is 0 Å². The van der Waals surface area contributed by atoms with Crippen LogP contribution in [0.15, 0.2) is 43.2 Å². The molecule has 0 atom stereocenters. The monoisotopic (exact) mass is 135 g/mol. The van der Waals surface area contributed by atoms with Crippen LogP contribution >= 0.6 is 0 Å². The molecule has 0 fully saturated rings. The number of hydrogen-bond donors (Lipinski definition) is 1. The van der Waals surface area contributed by atoms with Crippen molar-refractivity contribution < 1.29 is 4.68 Å². The maximum absolute atomic E-state index is 3.60. The summed E-state index contributed by atoms with van der Waals surface area (Å²) in [5.41, 5.74) is 3.09. The highest BCUT2D eigenvalue weighted by Crippen LogP contribution is 1.73. The second-order valence-electron chi connectivity index (χ2n) is 1.93. The quantitative estimate of drug-likeness (QED) is 0.476. The molecule has 0 aliphatic rings. The van der Waals surface area contributed by atoms with Crippen LogP contribution in [0.1, 0.15) is 0 Å². The van der Waals surface area contributed by atoms with Gasteiger partial charge in [0.15, 0.2) is 12.4 Å². The summed E-state index contributed by atoms with van der Waals surface area (Å²) in [5.74, 6) is 0. The molecule has 10 heavy (non-hydrogen) atoms. The van der Waals surface area contributed by atoms with Crippen molar-refractivity contribution in [2.75, 3.05) is 12.0 Å². The van der Waals surface area contributed by atoms with Crippen LogP contribution in [0.3, 0.4) is 0 Å². The summed E-state index contributed by atoms with van der Waals surface area (Å²) in [6.45, 7) is 4.39. The number of pyridine rings is 1. The van der Waals surface area contributed by atoms with Gasteiger partial charge in [-0.25, -0.2) is 0 Å². The Morgan fingerprint density at radius 3 is 2.60 bits per heavy atom. The minimum atomic E-state index is 0.786. The normalized spacial score (nSPS) is 8.80. The molecule has 1 N–H and O–H groups in total. The Morgan fingerprint density at radius 1 is 1.30 bits per heavy atom. The first-order valence-electron chi connectivity index (χ1n) is 3.24. The Hall–Kier alpha value is -1.31. The van der Waals surface area contributed by atoms with E-state index in [0.717, 1.165) is 6.54 Å². The van der Waals surface area contributed by atoms with Crippen LogP contribution in [0, 0.1) is 0 Å². The van der Waals surface area contributed by atoms with E-state index < -0.39 is 0 Å². The van der Waals surface area contributed by atoms with Crippen molar-refractivity contribution in [1.82, 2.24) is 0 Å². The van der Waals surface area contributed by atoms with Crippen LogP contribution in [0.4, 0.5) is 0 Å². The largest absolute Gasteiger partial charge is 0.199 e. The van der Waals surface area contributed by atoms with E-state index in [1.807, 2.05) is 41.3 Å². The van der Waals surface area contributed by atoms with E-state index in [4.69, 9.17) is 0 Å². The number of rotatable bonds is 3. The summed E-state index contributed by atoms with van der Waals surface area (Å²) in [7, 11) is 0.